The van der Waals surface area contributed by atoms with Crippen molar-refractivity contribution in [3.8, 4) is 22.7 Å². The zero-order chi connectivity index (χ0) is 18.5. The molecule has 134 valence electrons. The number of carbonyl (C=O) groups is 1. The van der Waals surface area contributed by atoms with Gasteiger partial charge in [-0.2, -0.15) is 0 Å². The quantitative estimate of drug-likeness (QED) is 0.549. The first-order chi connectivity index (χ1) is 13.3. The van der Waals surface area contributed by atoms with Crippen molar-refractivity contribution in [1.82, 2.24) is 20.2 Å². The van der Waals surface area contributed by atoms with Gasteiger partial charge in [0, 0.05) is 41.7 Å². The van der Waals surface area contributed by atoms with Gasteiger partial charge in [-0.05, 0) is 24.3 Å². The van der Waals surface area contributed by atoms with E-state index in [0.717, 1.165) is 16.8 Å². The lowest BCUT2D eigenvalue weighted by Gasteiger charge is -1.99. The second-order valence-electron chi connectivity index (χ2n) is 5.69. The van der Waals surface area contributed by atoms with Crippen LogP contribution in [0.5, 0.6) is 0 Å². The molecule has 4 aromatic rings. The highest BCUT2D eigenvalue weighted by atomic mass is 32.1. The van der Waals surface area contributed by atoms with E-state index in [-0.39, 0.29) is 12.3 Å². The molecule has 0 bridgehead atoms. The van der Waals surface area contributed by atoms with E-state index in [0.29, 0.717) is 23.3 Å². The Hall–Kier alpha value is -3.39. The van der Waals surface area contributed by atoms with Gasteiger partial charge in [0.1, 0.15) is 0 Å². The number of nitrogens with one attached hydrogen (secondary N) is 1. The van der Waals surface area contributed by atoms with Gasteiger partial charge in [0.2, 0.25) is 17.7 Å². The highest BCUT2D eigenvalue weighted by Gasteiger charge is 2.12. The Morgan fingerprint density at radius 1 is 1.07 bits per heavy atom. The van der Waals surface area contributed by atoms with Gasteiger partial charge in [0.05, 0.1) is 5.69 Å². The average Bonchev–Trinajstić information content (AvgIpc) is 3.37. The van der Waals surface area contributed by atoms with Crippen molar-refractivity contribution in [1.29, 1.82) is 0 Å². The number of benzene rings is 1. The van der Waals surface area contributed by atoms with Gasteiger partial charge in [-0.1, -0.05) is 18.2 Å². The molecule has 0 radical (unpaired) electrons. The maximum Gasteiger partial charge on any atom is 0.247 e. The third-order valence-corrected chi connectivity index (χ3v) is 4.52. The van der Waals surface area contributed by atoms with Gasteiger partial charge in [0.25, 0.3) is 0 Å². The number of hydrogen-bond acceptors (Lipinski definition) is 7. The lowest BCUT2D eigenvalue weighted by atomic mass is 10.2. The largest absolute Gasteiger partial charge is 0.421 e. The van der Waals surface area contributed by atoms with Crippen LogP contribution < -0.4 is 5.32 Å². The summed E-state index contributed by atoms with van der Waals surface area (Å²) < 4.78 is 5.61. The van der Waals surface area contributed by atoms with E-state index in [1.165, 1.54) is 11.3 Å². The molecule has 0 aliphatic carbocycles. The molecule has 3 aromatic heterocycles. The number of nitrogens with zero attached hydrogens (tertiary/aromatic N) is 4. The van der Waals surface area contributed by atoms with Crippen LogP contribution in [0.1, 0.15) is 12.3 Å². The topological polar surface area (TPSA) is 93.8 Å². The number of hydrogen-bond donors (Lipinski definition) is 1. The highest BCUT2D eigenvalue weighted by molar-refractivity contribution is 7.14. The fourth-order valence-corrected chi connectivity index (χ4v) is 3.17. The highest BCUT2D eigenvalue weighted by Crippen LogP contribution is 2.24. The molecule has 1 aromatic carbocycles. The fourth-order valence-electron chi connectivity index (χ4n) is 2.43. The Morgan fingerprint density at radius 2 is 1.93 bits per heavy atom. The van der Waals surface area contributed by atoms with Gasteiger partial charge < -0.3 is 9.73 Å². The Kier molecular flexibility index (Phi) is 4.97. The standard InChI is InChI=1S/C19H15N5O2S/c25-16(22-19-21-15(12-27-19)14-7-4-10-20-11-14)8-9-17-23-24-18(26-17)13-5-2-1-3-6-13/h1-7,10-12H,8-9H2,(H,21,22,25). The van der Waals surface area contributed by atoms with Crippen LogP contribution in [-0.2, 0) is 11.2 Å². The molecule has 0 fully saturated rings. The molecule has 8 heteroatoms. The van der Waals surface area contributed by atoms with E-state index in [1.54, 1.807) is 12.4 Å². The molecule has 1 amide bonds. The summed E-state index contributed by atoms with van der Waals surface area (Å²) in [5, 5.41) is 13.3. The molecule has 27 heavy (non-hydrogen) atoms. The molecule has 0 atom stereocenters. The van der Waals surface area contributed by atoms with Crippen molar-refractivity contribution in [2.45, 2.75) is 12.8 Å². The SMILES string of the molecule is O=C(CCc1nnc(-c2ccccc2)o1)Nc1nc(-c2cccnc2)cs1. The number of aryl methyl sites for hydroxylation is 1. The van der Waals surface area contributed by atoms with Gasteiger partial charge >= 0.3 is 0 Å². The second-order valence-corrected chi connectivity index (χ2v) is 6.55. The number of aromatic nitrogens is 4. The van der Waals surface area contributed by atoms with Crippen molar-refractivity contribution in [3.05, 3.63) is 66.1 Å². The molecule has 7 nitrogen and oxygen atoms in total. The van der Waals surface area contributed by atoms with Crippen LogP contribution in [0.3, 0.4) is 0 Å². The number of amides is 1. The van der Waals surface area contributed by atoms with E-state index < -0.39 is 0 Å². The molecule has 0 unspecified atom stereocenters. The van der Waals surface area contributed by atoms with Crippen molar-refractivity contribution < 1.29 is 9.21 Å². The number of pyridine rings is 1. The molecule has 0 saturated carbocycles. The summed E-state index contributed by atoms with van der Waals surface area (Å²) in [6.07, 6.45) is 4.05. The minimum atomic E-state index is -0.151. The summed E-state index contributed by atoms with van der Waals surface area (Å²) in [5.74, 6) is 0.729. The summed E-state index contributed by atoms with van der Waals surface area (Å²) in [4.78, 5) is 20.6. The zero-order valence-electron chi connectivity index (χ0n) is 14.2. The predicted octanol–water partition coefficient (Wildman–Crippen LogP) is 3.83. The molecule has 3 heterocycles. The average molecular weight is 377 g/mol. The van der Waals surface area contributed by atoms with E-state index >= 15 is 0 Å². The second kappa shape index (κ2) is 7.88. The summed E-state index contributed by atoms with van der Waals surface area (Å²) in [6, 6.07) is 13.3. The third-order valence-electron chi connectivity index (χ3n) is 3.76. The zero-order valence-corrected chi connectivity index (χ0v) is 15.0. The lowest BCUT2D eigenvalue weighted by molar-refractivity contribution is -0.116. The normalized spacial score (nSPS) is 10.7. The smallest absolute Gasteiger partial charge is 0.247 e. The van der Waals surface area contributed by atoms with E-state index in [9.17, 15) is 4.79 Å². The predicted molar refractivity (Wildman–Crippen MR) is 102 cm³/mol. The van der Waals surface area contributed by atoms with Crippen molar-refractivity contribution in [3.63, 3.8) is 0 Å². The first kappa shape index (κ1) is 17.0. The number of anilines is 1. The van der Waals surface area contributed by atoms with Crippen molar-refractivity contribution in [2.24, 2.45) is 0 Å². The molecular formula is C19H15N5O2S. The fraction of sp³-hybridized carbons (Fsp3) is 0.105. The molecular weight excluding hydrogens is 362 g/mol. The summed E-state index contributed by atoms with van der Waals surface area (Å²) in [5.41, 5.74) is 2.55. The Balaban J connectivity index is 1.33. The molecule has 0 saturated heterocycles. The number of rotatable bonds is 6. The van der Waals surface area contributed by atoms with Gasteiger partial charge in [0.15, 0.2) is 5.13 Å². The van der Waals surface area contributed by atoms with Gasteiger partial charge in [-0.25, -0.2) is 4.98 Å². The lowest BCUT2D eigenvalue weighted by Crippen LogP contribution is -2.12. The van der Waals surface area contributed by atoms with Crippen LogP contribution in [0, 0.1) is 0 Å². The van der Waals surface area contributed by atoms with Crippen LogP contribution in [0.2, 0.25) is 0 Å². The summed E-state index contributed by atoms with van der Waals surface area (Å²) >= 11 is 1.37. The monoisotopic (exact) mass is 377 g/mol. The first-order valence-corrected chi connectivity index (χ1v) is 9.19. The molecule has 4 rings (SSSR count). The molecule has 1 N–H and O–H groups in total. The minimum absolute atomic E-state index is 0.151. The first-order valence-electron chi connectivity index (χ1n) is 8.31. The number of thiazole rings is 1. The van der Waals surface area contributed by atoms with E-state index in [2.05, 4.69) is 25.5 Å². The summed E-state index contributed by atoms with van der Waals surface area (Å²) in [6.45, 7) is 0. The van der Waals surface area contributed by atoms with Crippen LogP contribution in [-0.4, -0.2) is 26.1 Å². The van der Waals surface area contributed by atoms with Gasteiger partial charge in [-0.3, -0.25) is 9.78 Å². The van der Waals surface area contributed by atoms with Gasteiger partial charge in [-0.15, -0.1) is 21.5 Å². The Labute approximate surface area is 159 Å². The molecule has 0 aliphatic rings. The Bertz CT molecular complexity index is 1030. The minimum Gasteiger partial charge on any atom is -0.421 e. The van der Waals surface area contributed by atoms with Crippen LogP contribution in [0.4, 0.5) is 5.13 Å². The maximum absolute atomic E-state index is 12.2. The van der Waals surface area contributed by atoms with Crippen LogP contribution >= 0.6 is 11.3 Å². The van der Waals surface area contributed by atoms with Crippen molar-refractivity contribution in [2.75, 3.05) is 5.32 Å². The molecule has 0 aliphatic heterocycles. The third kappa shape index (κ3) is 4.24. The number of carbonyl (C=O) groups excluding carboxylic acids is 1. The summed E-state index contributed by atoms with van der Waals surface area (Å²) in [7, 11) is 0. The molecule has 0 spiro atoms. The maximum atomic E-state index is 12.2. The van der Waals surface area contributed by atoms with Crippen LogP contribution in [0.25, 0.3) is 22.7 Å². The van der Waals surface area contributed by atoms with Crippen molar-refractivity contribution >= 4 is 22.4 Å². The Morgan fingerprint density at radius 3 is 2.74 bits per heavy atom. The van der Waals surface area contributed by atoms with Crippen LogP contribution in [0.15, 0.2) is 64.7 Å². The van der Waals surface area contributed by atoms with E-state index in [4.69, 9.17) is 4.42 Å². The van der Waals surface area contributed by atoms with E-state index in [1.807, 2.05) is 47.8 Å².